The lowest BCUT2D eigenvalue weighted by Crippen LogP contribution is -2.47. The van der Waals surface area contributed by atoms with E-state index in [1.807, 2.05) is 27.8 Å². The van der Waals surface area contributed by atoms with Crippen LogP contribution >= 0.6 is 0 Å². The average molecular weight is 377 g/mol. The number of aryl methyl sites for hydroxylation is 2. The van der Waals surface area contributed by atoms with Crippen molar-refractivity contribution in [3.63, 3.8) is 0 Å². The van der Waals surface area contributed by atoms with Crippen molar-refractivity contribution in [1.29, 1.82) is 0 Å². The van der Waals surface area contributed by atoms with E-state index in [-0.39, 0.29) is 12.1 Å². The quantitative estimate of drug-likeness (QED) is 0.690. The Balaban J connectivity index is 1.68. The summed E-state index contributed by atoms with van der Waals surface area (Å²) >= 11 is 0. The number of ether oxygens (including phenoxy) is 2. The lowest BCUT2D eigenvalue weighted by Gasteiger charge is -2.37. The molecule has 1 amide bonds. The minimum Gasteiger partial charge on any atom is -0.493 e. The maximum Gasteiger partial charge on any atom is 0.410 e. The Bertz CT molecular complexity index is 596. The number of piperidine rings is 1. The maximum atomic E-state index is 12.2. The van der Waals surface area contributed by atoms with Crippen molar-refractivity contribution in [3.05, 3.63) is 29.3 Å². The van der Waals surface area contributed by atoms with Gasteiger partial charge in [-0.1, -0.05) is 18.2 Å². The van der Waals surface area contributed by atoms with E-state index in [1.54, 1.807) is 4.90 Å². The number of amides is 1. The van der Waals surface area contributed by atoms with Gasteiger partial charge in [-0.2, -0.15) is 0 Å². The first-order chi connectivity index (χ1) is 12.7. The van der Waals surface area contributed by atoms with Gasteiger partial charge in [0.2, 0.25) is 0 Å². The van der Waals surface area contributed by atoms with Crippen molar-refractivity contribution in [2.45, 2.75) is 65.5 Å². The average Bonchev–Trinajstić information content (AvgIpc) is 2.59. The summed E-state index contributed by atoms with van der Waals surface area (Å²) in [5.41, 5.74) is 1.95. The van der Waals surface area contributed by atoms with Crippen LogP contribution in [0.25, 0.3) is 0 Å². The van der Waals surface area contributed by atoms with Crippen LogP contribution in [-0.4, -0.2) is 60.8 Å². The van der Waals surface area contributed by atoms with Crippen LogP contribution in [0.3, 0.4) is 0 Å². The van der Waals surface area contributed by atoms with E-state index < -0.39 is 5.60 Å². The number of benzene rings is 1. The van der Waals surface area contributed by atoms with Gasteiger partial charge < -0.3 is 19.3 Å². The van der Waals surface area contributed by atoms with Crippen LogP contribution in [0.5, 0.6) is 5.75 Å². The minimum absolute atomic E-state index is 0.219. The van der Waals surface area contributed by atoms with Gasteiger partial charge in [0.25, 0.3) is 0 Å². The molecule has 0 bridgehead atoms. The van der Waals surface area contributed by atoms with E-state index >= 15 is 0 Å². The van der Waals surface area contributed by atoms with E-state index in [0.29, 0.717) is 0 Å². The van der Waals surface area contributed by atoms with Crippen LogP contribution < -0.4 is 4.74 Å². The second kappa shape index (κ2) is 9.45. The molecule has 0 saturated carbocycles. The molecule has 0 unspecified atom stereocenters. The smallest absolute Gasteiger partial charge is 0.410 e. The Hall–Kier alpha value is -1.75. The zero-order valence-corrected chi connectivity index (χ0v) is 17.9. The SMILES string of the molecule is Cc1cccc(C)c1OCCCN1CCC(N(C)C(=O)OC(C)(C)C)CC1. The number of carbonyl (C=O) groups is 1. The highest BCUT2D eigenvalue weighted by atomic mass is 16.6. The largest absolute Gasteiger partial charge is 0.493 e. The Morgan fingerprint density at radius 1 is 1.19 bits per heavy atom. The van der Waals surface area contributed by atoms with Crippen molar-refractivity contribution in [2.24, 2.45) is 0 Å². The van der Waals surface area contributed by atoms with Crippen molar-refractivity contribution in [3.8, 4) is 5.75 Å². The first kappa shape index (κ1) is 21.5. The number of hydrogen-bond acceptors (Lipinski definition) is 4. The second-order valence-corrected chi connectivity index (χ2v) is 8.59. The summed E-state index contributed by atoms with van der Waals surface area (Å²) < 4.78 is 11.5. The summed E-state index contributed by atoms with van der Waals surface area (Å²) in [6, 6.07) is 6.51. The van der Waals surface area contributed by atoms with Gasteiger partial charge in [0, 0.05) is 32.7 Å². The van der Waals surface area contributed by atoms with Crippen LogP contribution in [0, 0.1) is 13.8 Å². The van der Waals surface area contributed by atoms with E-state index in [1.165, 1.54) is 11.1 Å². The monoisotopic (exact) mass is 376 g/mol. The highest BCUT2D eigenvalue weighted by Crippen LogP contribution is 2.23. The van der Waals surface area contributed by atoms with Crippen molar-refractivity contribution in [1.82, 2.24) is 9.80 Å². The zero-order chi connectivity index (χ0) is 20.0. The van der Waals surface area contributed by atoms with Crippen LogP contribution in [-0.2, 0) is 4.74 Å². The summed E-state index contributed by atoms with van der Waals surface area (Å²) in [5.74, 6) is 1.02. The van der Waals surface area contributed by atoms with Gasteiger partial charge in [-0.15, -0.1) is 0 Å². The second-order valence-electron chi connectivity index (χ2n) is 8.59. The third kappa shape index (κ3) is 6.73. The third-order valence-electron chi connectivity index (χ3n) is 5.06. The Morgan fingerprint density at radius 2 is 1.78 bits per heavy atom. The van der Waals surface area contributed by atoms with E-state index in [9.17, 15) is 4.79 Å². The summed E-state index contributed by atoms with van der Waals surface area (Å²) in [6.07, 6.45) is 2.78. The molecule has 1 aliphatic rings. The topological polar surface area (TPSA) is 42.0 Å². The summed E-state index contributed by atoms with van der Waals surface area (Å²) in [6.45, 7) is 13.7. The lowest BCUT2D eigenvalue weighted by atomic mass is 10.0. The molecule has 1 aromatic rings. The molecule has 1 fully saturated rings. The first-order valence-electron chi connectivity index (χ1n) is 10.0. The van der Waals surface area contributed by atoms with E-state index in [4.69, 9.17) is 9.47 Å². The molecular formula is C22H36N2O3. The van der Waals surface area contributed by atoms with Gasteiger partial charge in [0.15, 0.2) is 0 Å². The fourth-order valence-corrected chi connectivity index (χ4v) is 3.50. The zero-order valence-electron chi connectivity index (χ0n) is 17.9. The van der Waals surface area contributed by atoms with Crippen molar-refractivity contribution < 1.29 is 14.3 Å². The molecule has 5 heteroatoms. The van der Waals surface area contributed by atoms with Crippen molar-refractivity contribution in [2.75, 3.05) is 33.3 Å². The molecule has 0 aliphatic carbocycles. The third-order valence-corrected chi connectivity index (χ3v) is 5.06. The highest BCUT2D eigenvalue weighted by molar-refractivity contribution is 5.68. The number of hydrogen-bond donors (Lipinski definition) is 0. The number of para-hydroxylation sites is 1. The summed E-state index contributed by atoms with van der Waals surface area (Å²) in [5, 5.41) is 0. The molecule has 1 heterocycles. The van der Waals surface area contributed by atoms with Crippen LogP contribution in [0.1, 0.15) is 51.2 Å². The molecule has 2 rings (SSSR count). The molecule has 1 saturated heterocycles. The maximum absolute atomic E-state index is 12.2. The molecule has 0 aromatic heterocycles. The van der Waals surface area contributed by atoms with Crippen LogP contribution in [0.2, 0.25) is 0 Å². The molecule has 1 aliphatic heterocycles. The van der Waals surface area contributed by atoms with Gasteiger partial charge in [0.05, 0.1) is 6.61 Å². The summed E-state index contributed by atoms with van der Waals surface area (Å²) in [4.78, 5) is 16.4. The van der Waals surface area contributed by atoms with Crippen LogP contribution in [0.15, 0.2) is 18.2 Å². The fourth-order valence-electron chi connectivity index (χ4n) is 3.50. The molecule has 1 aromatic carbocycles. The molecule has 0 atom stereocenters. The van der Waals surface area contributed by atoms with Gasteiger partial charge >= 0.3 is 6.09 Å². The number of rotatable bonds is 6. The van der Waals surface area contributed by atoms with Gasteiger partial charge in [-0.05, 0) is 65.0 Å². The predicted octanol–water partition coefficient (Wildman–Crippen LogP) is 4.40. The fraction of sp³-hybridized carbons (Fsp3) is 0.682. The van der Waals surface area contributed by atoms with Gasteiger partial charge in [0.1, 0.15) is 11.4 Å². The molecular weight excluding hydrogens is 340 g/mol. The summed E-state index contributed by atoms with van der Waals surface area (Å²) in [7, 11) is 1.85. The van der Waals surface area contributed by atoms with Gasteiger partial charge in [-0.3, -0.25) is 0 Å². The molecule has 0 N–H and O–H groups in total. The number of likely N-dealkylation sites (tertiary alicyclic amines) is 1. The number of carbonyl (C=O) groups excluding carboxylic acids is 1. The predicted molar refractivity (Wildman–Crippen MR) is 109 cm³/mol. The Morgan fingerprint density at radius 3 is 2.33 bits per heavy atom. The molecule has 5 nitrogen and oxygen atoms in total. The number of nitrogens with zero attached hydrogens (tertiary/aromatic N) is 2. The molecule has 152 valence electrons. The minimum atomic E-state index is -0.443. The highest BCUT2D eigenvalue weighted by Gasteiger charge is 2.28. The Labute approximate surface area is 164 Å². The Kier molecular flexibility index (Phi) is 7.54. The molecule has 0 radical (unpaired) electrons. The molecule has 27 heavy (non-hydrogen) atoms. The first-order valence-corrected chi connectivity index (χ1v) is 10.0. The standard InChI is InChI=1S/C22H36N2O3/c1-17-9-7-10-18(2)20(17)26-16-8-13-24-14-11-19(12-15-24)23(6)21(25)27-22(3,4)5/h7,9-10,19H,8,11-16H2,1-6H3. The van der Waals surface area contributed by atoms with Crippen LogP contribution in [0.4, 0.5) is 4.79 Å². The molecule has 0 spiro atoms. The lowest BCUT2D eigenvalue weighted by molar-refractivity contribution is 0.0151. The van der Waals surface area contributed by atoms with Gasteiger partial charge in [-0.25, -0.2) is 4.79 Å². The van der Waals surface area contributed by atoms with Crippen molar-refractivity contribution >= 4 is 6.09 Å². The normalized spacial score (nSPS) is 16.2. The van der Waals surface area contributed by atoms with E-state index in [0.717, 1.165) is 51.3 Å². The van der Waals surface area contributed by atoms with E-state index in [2.05, 4.69) is 36.9 Å².